The van der Waals surface area contributed by atoms with Crippen LogP contribution in [0, 0.1) is 13.8 Å². The van der Waals surface area contributed by atoms with E-state index in [9.17, 15) is 0 Å². The van der Waals surface area contributed by atoms with Crippen LogP contribution in [-0.2, 0) is 0 Å². The molecule has 0 unspecified atom stereocenters. The van der Waals surface area contributed by atoms with Gasteiger partial charge >= 0.3 is 0 Å². The van der Waals surface area contributed by atoms with Crippen molar-refractivity contribution in [2.45, 2.75) is 13.8 Å². The van der Waals surface area contributed by atoms with E-state index < -0.39 is 0 Å². The number of nitrogens with one attached hydrogen (secondary N) is 1. The monoisotopic (exact) mass is 218 g/mol. The number of hydrogen-bond acceptors (Lipinski definition) is 3. The molecule has 2 aromatic rings. The van der Waals surface area contributed by atoms with Crippen LogP contribution in [0.2, 0.25) is 0 Å². The molecule has 0 amide bonds. The molecule has 0 fully saturated rings. The third kappa shape index (κ3) is 2.02. The largest absolute Gasteiger partial charge is 0.373 e. The van der Waals surface area contributed by atoms with Crippen molar-refractivity contribution in [3.05, 3.63) is 34.8 Å². The van der Waals surface area contributed by atoms with Crippen LogP contribution in [0.1, 0.15) is 11.1 Å². The Bertz CT molecular complexity index is 474. The molecule has 0 atom stereocenters. The van der Waals surface area contributed by atoms with E-state index in [1.54, 1.807) is 11.3 Å². The van der Waals surface area contributed by atoms with Crippen LogP contribution in [0.4, 0.5) is 5.82 Å². The SMILES string of the molecule is CNc1ncc(-c2cc(C)cs2)cc1C. The highest BCUT2D eigenvalue weighted by Gasteiger charge is 2.03. The van der Waals surface area contributed by atoms with Crippen molar-refractivity contribution in [3.63, 3.8) is 0 Å². The summed E-state index contributed by atoms with van der Waals surface area (Å²) in [5, 5.41) is 5.23. The Kier molecular flexibility index (Phi) is 2.73. The second-order valence-corrected chi connectivity index (χ2v) is 4.54. The molecule has 1 N–H and O–H groups in total. The summed E-state index contributed by atoms with van der Waals surface area (Å²) in [5.41, 5.74) is 3.69. The number of nitrogens with zero attached hydrogens (tertiary/aromatic N) is 1. The van der Waals surface area contributed by atoms with Gasteiger partial charge in [-0.05, 0) is 42.5 Å². The minimum absolute atomic E-state index is 0.951. The minimum atomic E-state index is 0.951. The first-order valence-electron chi connectivity index (χ1n) is 4.90. The molecule has 2 rings (SSSR count). The topological polar surface area (TPSA) is 24.9 Å². The third-order valence-corrected chi connectivity index (χ3v) is 3.43. The summed E-state index contributed by atoms with van der Waals surface area (Å²) in [7, 11) is 1.89. The normalized spacial score (nSPS) is 10.3. The molecule has 0 saturated carbocycles. The van der Waals surface area contributed by atoms with E-state index in [-0.39, 0.29) is 0 Å². The van der Waals surface area contributed by atoms with E-state index in [1.807, 2.05) is 13.2 Å². The van der Waals surface area contributed by atoms with Gasteiger partial charge in [0.05, 0.1) is 0 Å². The van der Waals surface area contributed by atoms with Gasteiger partial charge in [-0.1, -0.05) is 0 Å². The van der Waals surface area contributed by atoms with Crippen molar-refractivity contribution < 1.29 is 0 Å². The van der Waals surface area contributed by atoms with Crippen molar-refractivity contribution in [1.82, 2.24) is 4.98 Å². The molecule has 0 bridgehead atoms. The highest BCUT2D eigenvalue weighted by molar-refractivity contribution is 7.13. The summed E-state index contributed by atoms with van der Waals surface area (Å²) >= 11 is 1.76. The van der Waals surface area contributed by atoms with Gasteiger partial charge in [0.2, 0.25) is 0 Å². The lowest BCUT2D eigenvalue weighted by molar-refractivity contribution is 1.24. The first-order valence-corrected chi connectivity index (χ1v) is 5.78. The molecule has 0 spiro atoms. The number of anilines is 1. The smallest absolute Gasteiger partial charge is 0.128 e. The fourth-order valence-electron chi connectivity index (χ4n) is 1.55. The van der Waals surface area contributed by atoms with E-state index in [2.05, 4.69) is 41.7 Å². The number of pyridine rings is 1. The molecule has 0 aliphatic heterocycles. The molecule has 3 heteroatoms. The fraction of sp³-hybridized carbons (Fsp3) is 0.250. The molecular formula is C12H14N2S. The van der Waals surface area contributed by atoms with Crippen LogP contribution in [0.5, 0.6) is 0 Å². The highest BCUT2D eigenvalue weighted by Crippen LogP contribution is 2.28. The predicted octanol–water partition coefficient (Wildman–Crippen LogP) is 3.47. The lowest BCUT2D eigenvalue weighted by atomic mass is 10.1. The van der Waals surface area contributed by atoms with Gasteiger partial charge < -0.3 is 5.32 Å². The van der Waals surface area contributed by atoms with Crippen LogP contribution in [0.25, 0.3) is 10.4 Å². The fourth-order valence-corrected chi connectivity index (χ4v) is 2.44. The van der Waals surface area contributed by atoms with E-state index in [4.69, 9.17) is 0 Å². The molecule has 0 aromatic carbocycles. The van der Waals surface area contributed by atoms with E-state index in [0.717, 1.165) is 5.82 Å². The Hall–Kier alpha value is -1.35. The first kappa shape index (κ1) is 10.2. The lowest BCUT2D eigenvalue weighted by Crippen LogP contribution is -1.95. The summed E-state index contributed by atoms with van der Waals surface area (Å²) in [6.07, 6.45) is 1.92. The van der Waals surface area contributed by atoms with Crippen LogP contribution in [0.3, 0.4) is 0 Å². The Morgan fingerprint density at radius 2 is 2.07 bits per heavy atom. The van der Waals surface area contributed by atoms with Gasteiger partial charge in [0.25, 0.3) is 0 Å². The molecule has 0 aliphatic carbocycles. The number of hydrogen-bond donors (Lipinski definition) is 1. The number of rotatable bonds is 2. The van der Waals surface area contributed by atoms with Crippen molar-refractivity contribution in [2.75, 3.05) is 12.4 Å². The van der Waals surface area contributed by atoms with Crippen LogP contribution < -0.4 is 5.32 Å². The summed E-state index contributed by atoms with van der Waals surface area (Å²) in [5.74, 6) is 0.951. The molecule has 2 nitrogen and oxygen atoms in total. The maximum atomic E-state index is 4.38. The second-order valence-electron chi connectivity index (χ2n) is 3.63. The van der Waals surface area contributed by atoms with E-state index in [0.29, 0.717) is 0 Å². The Morgan fingerprint density at radius 3 is 2.60 bits per heavy atom. The lowest BCUT2D eigenvalue weighted by Gasteiger charge is -2.05. The molecule has 2 aromatic heterocycles. The summed E-state index contributed by atoms with van der Waals surface area (Å²) in [4.78, 5) is 5.66. The van der Waals surface area contributed by atoms with Gasteiger partial charge in [0.15, 0.2) is 0 Å². The Balaban J connectivity index is 2.42. The summed E-state index contributed by atoms with van der Waals surface area (Å²) < 4.78 is 0. The number of aromatic nitrogens is 1. The van der Waals surface area contributed by atoms with Crippen LogP contribution in [-0.4, -0.2) is 12.0 Å². The highest BCUT2D eigenvalue weighted by atomic mass is 32.1. The first-order chi connectivity index (χ1) is 7.20. The second kappa shape index (κ2) is 4.03. The van der Waals surface area contributed by atoms with Crippen molar-refractivity contribution >= 4 is 17.2 Å². The number of thiophene rings is 1. The minimum Gasteiger partial charge on any atom is -0.373 e. The molecule has 0 aliphatic rings. The molecule has 78 valence electrons. The molecule has 2 heterocycles. The maximum Gasteiger partial charge on any atom is 0.128 e. The third-order valence-electron chi connectivity index (χ3n) is 2.33. The average Bonchev–Trinajstić information content (AvgIpc) is 2.65. The van der Waals surface area contributed by atoms with Crippen LogP contribution >= 0.6 is 11.3 Å². The number of aryl methyl sites for hydroxylation is 2. The zero-order valence-corrected chi connectivity index (χ0v) is 9.98. The van der Waals surface area contributed by atoms with E-state index in [1.165, 1.54) is 21.6 Å². The predicted molar refractivity (Wildman–Crippen MR) is 66.6 cm³/mol. The zero-order valence-electron chi connectivity index (χ0n) is 9.16. The maximum absolute atomic E-state index is 4.38. The van der Waals surface area contributed by atoms with Crippen molar-refractivity contribution in [2.24, 2.45) is 0 Å². The molecule has 15 heavy (non-hydrogen) atoms. The van der Waals surface area contributed by atoms with E-state index >= 15 is 0 Å². The molecule has 0 saturated heterocycles. The van der Waals surface area contributed by atoms with Gasteiger partial charge in [-0.15, -0.1) is 11.3 Å². The Morgan fingerprint density at radius 1 is 1.27 bits per heavy atom. The summed E-state index contributed by atoms with van der Waals surface area (Å²) in [6, 6.07) is 4.37. The van der Waals surface area contributed by atoms with Crippen molar-refractivity contribution in [1.29, 1.82) is 0 Å². The average molecular weight is 218 g/mol. The Labute approximate surface area is 94.0 Å². The standard InChI is InChI=1S/C12H14N2S/c1-8-4-11(15-7-8)10-5-9(2)12(13-3)14-6-10/h4-7H,1-3H3,(H,13,14). The van der Waals surface area contributed by atoms with Gasteiger partial charge in [-0.2, -0.15) is 0 Å². The quantitative estimate of drug-likeness (QED) is 0.835. The zero-order chi connectivity index (χ0) is 10.8. The summed E-state index contributed by atoms with van der Waals surface area (Å²) in [6.45, 7) is 4.19. The van der Waals surface area contributed by atoms with Gasteiger partial charge in [-0.25, -0.2) is 4.98 Å². The van der Waals surface area contributed by atoms with Gasteiger partial charge in [0.1, 0.15) is 5.82 Å². The molecular weight excluding hydrogens is 204 g/mol. The van der Waals surface area contributed by atoms with Gasteiger partial charge in [0, 0.05) is 23.7 Å². The van der Waals surface area contributed by atoms with Crippen LogP contribution in [0.15, 0.2) is 23.7 Å². The molecule has 0 radical (unpaired) electrons. The van der Waals surface area contributed by atoms with Crippen molar-refractivity contribution in [3.8, 4) is 10.4 Å². The van der Waals surface area contributed by atoms with Gasteiger partial charge in [-0.3, -0.25) is 0 Å².